The molecule has 1 aromatic carbocycles. The highest BCUT2D eigenvalue weighted by atomic mass is 19.1. The lowest BCUT2D eigenvalue weighted by molar-refractivity contribution is -0.131. The van der Waals surface area contributed by atoms with Crippen molar-refractivity contribution in [1.29, 1.82) is 0 Å². The van der Waals surface area contributed by atoms with Gasteiger partial charge in [-0.3, -0.25) is 14.5 Å². The molecule has 3 aliphatic heterocycles. The Kier molecular flexibility index (Phi) is 6.06. The van der Waals surface area contributed by atoms with Gasteiger partial charge in [-0.15, -0.1) is 0 Å². The molecular formula is C24H29FN4O3. The van der Waals surface area contributed by atoms with E-state index in [0.717, 1.165) is 68.7 Å². The number of fused-ring (bicyclic) bond motifs is 1. The number of amides is 1. The van der Waals surface area contributed by atoms with Crippen LogP contribution in [0.5, 0.6) is 0 Å². The topological polar surface area (TPSA) is 78.5 Å². The molecule has 0 bridgehead atoms. The van der Waals surface area contributed by atoms with Gasteiger partial charge in [0.1, 0.15) is 11.6 Å². The minimum absolute atomic E-state index is 0.0230. The summed E-state index contributed by atoms with van der Waals surface area (Å²) in [6.45, 7) is 3.73. The van der Waals surface area contributed by atoms with Crippen molar-refractivity contribution in [3.63, 3.8) is 0 Å². The summed E-state index contributed by atoms with van der Waals surface area (Å²) in [4.78, 5) is 38.0. The molecule has 8 heteroatoms. The van der Waals surface area contributed by atoms with Crippen LogP contribution >= 0.6 is 0 Å². The van der Waals surface area contributed by atoms with Crippen LogP contribution in [-0.4, -0.2) is 58.0 Å². The van der Waals surface area contributed by atoms with E-state index >= 15 is 0 Å². The first-order valence-corrected chi connectivity index (χ1v) is 11.6. The van der Waals surface area contributed by atoms with Crippen molar-refractivity contribution >= 4 is 5.91 Å². The van der Waals surface area contributed by atoms with Crippen LogP contribution in [0.2, 0.25) is 0 Å². The van der Waals surface area contributed by atoms with E-state index in [1.807, 2.05) is 4.90 Å². The van der Waals surface area contributed by atoms with Gasteiger partial charge < -0.3 is 14.6 Å². The molecule has 0 spiro atoms. The maximum Gasteiger partial charge on any atom is 0.255 e. The molecule has 0 saturated carbocycles. The molecule has 2 aromatic rings. The van der Waals surface area contributed by atoms with Crippen LogP contribution in [0.3, 0.4) is 0 Å². The number of likely N-dealkylation sites (tertiary alicyclic amines) is 1. The number of nitrogens with zero attached hydrogens (tertiary/aromatic N) is 3. The Hall–Kier alpha value is -2.58. The van der Waals surface area contributed by atoms with Gasteiger partial charge in [0, 0.05) is 45.3 Å². The zero-order chi connectivity index (χ0) is 22.1. The third kappa shape index (κ3) is 4.34. The molecule has 4 heterocycles. The van der Waals surface area contributed by atoms with Crippen LogP contribution in [0.15, 0.2) is 29.1 Å². The number of ether oxygens (including phenoxy) is 1. The molecule has 7 nitrogen and oxygen atoms in total. The van der Waals surface area contributed by atoms with Gasteiger partial charge in [-0.25, -0.2) is 9.37 Å². The predicted molar refractivity (Wildman–Crippen MR) is 117 cm³/mol. The Morgan fingerprint density at radius 1 is 1.16 bits per heavy atom. The van der Waals surface area contributed by atoms with Crippen LogP contribution in [0, 0.1) is 5.82 Å². The zero-order valence-electron chi connectivity index (χ0n) is 18.2. The number of rotatable bonds is 4. The first-order chi connectivity index (χ1) is 15.6. The predicted octanol–water partition coefficient (Wildman–Crippen LogP) is 2.35. The lowest BCUT2D eigenvalue weighted by Crippen LogP contribution is -2.44. The molecule has 1 unspecified atom stereocenters. The minimum Gasteiger partial charge on any atom is -0.381 e. The average molecular weight is 441 g/mol. The van der Waals surface area contributed by atoms with Crippen molar-refractivity contribution < 1.29 is 13.9 Å². The van der Waals surface area contributed by atoms with Crippen LogP contribution < -0.4 is 5.56 Å². The van der Waals surface area contributed by atoms with Crippen LogP contribution in [0.4, 0.5) is 4.39 Å². The van der Waals surface area contributed by atoms with E-state index in [1.54, 1.807) is 12.1 Å². The van der Waals surface area contributed by atoms with Crippen LogP contribution in [-0.2, 0) is 28.9 Å². The molecule has 5 rings (SSSR count). The molecular weight excluding hydrogens is 411 g/mol. The third-order valence-electron chi connectivity index (χ3n) is 6.98. The summed E-state index contributed by atoms with van der Waals surface area (Å²) in [6.07, 6.45) is 4.63. The van der Waals surface area contributed by atoms with Crippen LogP contribution in [0.25, 0.3) is 0 Å². The van der Waals surface area contributed by atoms with E-state index in [0.29, 0.717) is 25.0 Å². The second-order valence-corrected chi connectivity index (χ2v) is 8.99. The van der Waals surface area contributed by atoms with Crippen molar-refractivity contribution in [2.24, 2.45) is 0 Å². The molecule has 1 N–H and O–H groups in total. The Balaban J connectivity index is 1.32. The fourth-order valence-corrected chi connectivity index (χ4v) is 5.21. The molecule has 1 atom stereocenters. The molecule has 2 saturated heterocycles. The van der Waals surface area contributed by atoms with E-state index in [2.05, 4.69) is 9.88 Å². The molecule has 170 valence electrons. The lowest BCUT2D eigenvalue weighted by atomic mass is 10.0. The second-order valence-electron chi connectivity index (χ2n) is 8.99. The number of H-pyrrole nitrogens is 1. The number of carbonyl (C=O) groups is 1. The molecule has 0 radical (unpaired) electrons. The summed E-state index contributed by atoms with van der Waals surface area (Å²) >= 11 is 0. The number of benzene rings is 1. The highest BCUT2D eigenvalue weighted by Gasteiger charge is 2.34. The summed E-state index contributed by atoms with van der Waals surface area (Å²) in [5, 5.41) is 0. The number of nitrogens with one attached hydrogen (secondary N) is 1. The molecule has 32 heavy (non-hydrogen) atoms. The maximum absolute atomic E-state index is 13.2. The summed E-state index contributed by atoms with van der Waals surface area (Å²) < 4.78 is 18.6. The fourth-order valence-electron chi connectivity index (χ4n) is 5.21. The van der Waals surface area contributed by atoms with Gasteiger partial charge in [0.05, 0.1) is 23.7 Å². The quantitative estimate of drug-likeness (QED) is 0.790. The first-order valence-electron chi connectivity index (χ1n) is 11.6. The second kappa shape index (κ2) is 9.11. The van der Waals surface area contributed by atoms with Crippen LogP contribution in [0.1, 0.15) is 54.4 Å². The zero-order valence-corrected chi connectivity index (χ0v) is 18.2. The SMILES string of the molecule is O=C(Cc1ccc(F)cc1)N1CCCC1c1nc2c(c(=O)[nH]1)CN(C1CCOCC1)CC2. The molecule has 1 aromatic heterocycles. The van der Waals surface area contributed by atoms with E-state index in [-0.39, 0.29) is 29.7 Å². The number of aromatic amines is 1. The minimum atomic E-state index is -0.313. The van der Waals surface area contributed by atoms with E-state index in [1.165, 1.54) is 12.1 Å². The Bertz CT molecular complexity index is 1030. The largest absolute Gasteiger partial charge is 0.381 e. The summed E-state index contributed by atoms with van der Waals surface area (Å²) in [5.41, 5.74) is 2.32. The van der Waals surface area contributed by atoms with Crippen molar-refractivity contribution in [1.82, 2.24) is 19.8 Å². The normalized spacial score (nSPS) is 22.2. The van der Waals surface area contributed by atoms with E-state index < -0.39 is 0 Å². The van der Waals surface area contributed by atoms with Crippen molar-refractivity contribution in [2.75, 3.05) is 26.3 Å². The first kappa shape index (κ1) is 21.3. The van der Waals surface area contributed by atoms with Gasteiger partial charge in [0.25, 0.3) is 5.56 Å². The fraction of sp³-hybridized carbons (Fsp3) is 0.542. The summed E-state index contributed by atoms with van der Waals surface area (Å²) in [6, 6.07) is 6.27. The molecule has 0 aliphatic carbocycles. The van der Waals surface area contributed by atoms with Crippen molar-refractivity contribution in [2.45, 2.75) is 57.2 Å². The van der Waals surface area contributed by atoms with Gasteiger partial charge in [0.15, 0.2) is 0 Å². The standard InChI is InChI=1S/C24H29FN4O3/c25-17-5-3-16(4-6-17)14-22(30)29-10-1-2-21(29)23-26-20-7-11-28(15-19(20)24(31)27-23)18-8-12-32-13-9-18/h3-6,18,21H,1-2,7-15H2,(H,26,27,31). The van der Waals surface area contributed by atoms with Crippen molar-refractivity contribution in [3.05, 3.63) is 63.1 Å². The van der Waals surface area contributed by atoms with E-state index in [9.17, 15) is 14.0 Å². The van der Waals surface area contributed by atoms with Gasteiger partial charge >= 0.3 is 0 Å². The molecule has 3 aliphatic rings. The smallest absolute Gasteiger partial charge is 0.255 e. The highest BCUT2D eigenvalue weighted by molar-refractivity contribution is 5.79. The number of carbonyl (C=O) groups excluding carboxylic acids is 1. The Morgan fingerprint density at radius 3 is 2.72 bits per heavy atom. The lowest BCUT2D eigenvalue weighted by Gasteiger charge is -2.37. The monoisotopic (exact) mass is 440 g/mol. The molecule has 2 fully saturated rings. The third-order valence-corrected chi connectivity index (χ3v) is 6.98. The highest BCUT2D eigenvalue weighted by Crippen LogP contribution is 2.31. The van der Waals surface area contributed by atoms with Crippen molar-refractivity contribution in [3.8, 4) is 0 Å². The number of hydrogen-bond acceptors (Lipinski definition) is 5. The van der Waals surface area contributed by atoms with E-state index in [4.69, 9.17) is 9.72 Å². The Morgan fingerprint density at radius 2 is 1.94 bits per heavy atom. The number of hydrogen-bond donors (Lipinski definition) is 1. The number of halogens is 1. The van der Waals surface area contributed by atoms with Gasteiger partial charge in [-0.05, 0) is 43.4 Å². The average Bonchev–Trinajstić information content (AvgIpc) is 3.31. The maximum atomic E-state index is 13.2. The summed E-state index contributed by atoms with van der Waals surface area (Å²) in [5.74, 6) is 0.259. The van der Waals surface area contributed by atoms with Gasteiger partial charge in [0.2, 0.25) is 5.91 Å². The summed E-state index contributed by atoms with van der Waals surface area (Å²) in [7, 11) is 0. The Labute approximate surface area is 186 Å². The van der Waals surface area contributed by atoms with Gasteiger partial charge in [-0.1, -0.05) is 12.1 Å². The van der Waals surface area contributed by atoms with Gasteiger partial charge in [-0.2, -0.15) is 0 Å². The number of aromatic nitrogens is 2. The molecule has 1 amide bonds.